The predicted molar refractivity (Wildman–Crippen MR) is 302 cm³/mol. The van der Waals surface area contributed by atoms with E-state index in [0.29, 0.717) is 105 Å². The molecule has 0 bridgehead atoms. The highest BCUT2D eigenvalue weighted by atomic mass is 16.4. The van der Waals surface area contributed by atoms with Crippen LogP contribution in [0.2, 0.25) is 0 Å². The normalized spacial score (nSPS) is 44.6. The molecule has 0 aliphatic heterocycles. The molecule has 23 atom stereocenters. The maximum absolute atomic E-state index is 12.0. The van der Waals surface area contributed by atoms with Crippen LogP contribution in [0.3, 0.4) is 0 Å². The molecule has 6 N–H and O–H groups in total. The van der Waals surface area contributed by atoms with Gasteiger partial charge in [-0.05, 0) is 261 Å². The van der Waals surface area contributed by atoms with Crippen LogP contribution in [0.4, 0.5) is 0 Å². The number of aliphatic hydroxyl groups is 4. The highest BCUT2D eigenvalue weighted by Crippen LogP contribution is 2.72. The molecule has 1 aromatic heterocycles. The molecule has 8 fully saturated rings. The fraction of sp³-hybridized carbons (Fsp3) is 0.765. The molecule has 12 rings (SSSR count). The van der Waals surface area contributed by atoms with Gasteiger partial charge in [0.1, 0.15) is 11.3 Å². The van der Waals surface area contributed by atoms with Crippen molar-refractivity contribution in [2.45, 2.75) is 215 Å². The zero-order valence-corrected chi connectivity index (χ0v) is 48.3. The molecule has 7 unspecified atom stereocenters. The third kappa shape index (κ3) is 9.13. The summed E-state index contributed by atoms with van der Waals surface area (Å²) in [5.74, 6) is 6.54. The van der Waals surface area contributed by atoms with Gasteiger partial charge in [-0.2, -0.15) is 0 Å². The minimum absolute atomic E-state index is 0.190. The molecule has 9 heteroatoms. The molecule has 0 radical (unpaired) electrons. The number of benzene rings is 2. The zero-order chi connectivity index (χ0) is 54.7. The average molecular weight is 1060 g/mol. The first-order valence-corrected chi connectivity index (χ1v) is 31.5. The molecule has 0 saturated heterocycles. The average Bonchev–Trinajstić information content (AvgIpc) is 4.33. The summed E-state index contributed by atoms with van der Waals surface area (Å²) in [6.45, 7) is 19.4. The van der Waals surface area contributed by atoms with Crippen LogP contribution in [0, 0.1) is 110 Å². The Morgan fingerprint density at radius 2 is 1.09 bits per heavy atom. The smallest absolute Gasteiger partial charge is 0.336 e. The van der Waals surface area contributed by atoms with Gasteiger partial charge in [0, 0.05) is 11.8 Å². The lowest BCUT2D eigenvalue weighted by Crippen LogP contribution is -2.62. The lowest BCUT2D eigenvalue weighted by Gasteiger charge is -2.64. The summed E-state index contributed by atoms with van der Waals surface area (Å²) in [7, 11) is 0. The van der Waals surface area contributed by atoms with E-state index in [-0.39, 0.29) is 52.0 Å². The topological polar surface area (TPSA) is 169 Å². The van der Waals surface area contributed by atoms with E-state index in [1.54, 1.807) is 18.2 Å². The first-order valence-electron chi connectivity index (χ1n) is 31.5. The van der Waals surface area contributed by atoms with Crippen molar-refractivity contribution in [3.05, 3.63) is 70.5 Å². The molecular weight excluding hydrogens is 961 g/mol. The van der Waals surface area contributed by atoms with Crippen molar-refractivity contribution in [3.8, 4) is 0 Å². The summed E-state index contributed by atoms with van der Waals surface area (Å²) in [5.41, 5.74) is 4.76. The number of furan rings is 1. The standard InChI is InChI=1S/C35H52O4.C33H46O5/c1-5-24-30-19-23(36)13-15-35(30,4)29-14-16-34(3)27(11-12-28(34)31(29)32(24)37)20(2)17-21-9-10-22-7-6-8-25(33(38)39)26(22)18-21;1-5-21-27-16-19(34)11-13-33(27,4)26-12-14-32(3)24(9-10-25(32)29(26)30(21)35)18(2)15-20-17-23-22(31(36)37)7-6-8-28(23)38-20/h6-8,20-21,23-24,27-32,36-37H,5,9-19H2,1-4H3,(H,38,39);6-8,17-19,21,24-27,29-30,34-35H,5,9-16H2,1-4H3,(H,36,37)/t20-,21?,23-,24-,27-,28?,29?,30+,31?,32-,34-,35-;18-,19-,21-,24-,25?,26?,27+,29?,30-,32-,33-/m11/s1. The van der Waals surface area contributed by atoms with E-state index in [2.05, 4.69) is 61.5 Å². The van der Waals surface area contributed by atoms with Crippen LogP contribution in [-0.4, -0.2) is 67.0 Å². The van der Waals surface area contributed by atoms with Crippen LogP contribution in [0.25, 0.3) is 11.0 Å². The Labute approximate surface area is 461 Å². The van der Waals surface area contributed by atoms with Gasteiger partial charge in [-0.25, -0.2) is 9.59 Å². The van der Waals surface area contributed by atoms with Crippen molar-refractivity contribution in [3.63, 3.8) is 0 Å². The molecule has 9 nitrogen and oxygen atoms in total. The van der Waals surface area contributed by atoms with Gasteiger partial charge in [0.2, 0.25) is 0 Å². The summed E-state index contributed by atoms with van der Waals surface area (Å²) in [5, 5.41) is 65.1. The molecule has 9 aliphatic carbocycles. The van der Waals surface area contributed by atoms with E-state index in [4.69, 9.17) is 4.42 Å². The second-order valence-electron chi connectivity index (χ2n) is 29.2. The van der Waals surface area contributed by atoms with Gasteiger partial charge >= 0.3 is 11.9 Å². The Morgan fingerprint density at radius 1 is 0.597 bits per heavy atom. The molecule has 424 valence electrons. The summed E-state index contributed by atoms with van der Waals surface area (Å²) < 4.78 is 6.15. The van der Waals surface area contributed by atoms with Crippen molar-refractivity contribution < 1.29 is 44.6 Å². The summed E-state index contributed by atoms with van der Waals surface area (Å²) >= 11 is 0. The van der Waals surface area contributed by atoms with Crippen LogP contribution in [0.1, 0.15) is 209 Å². The van der Waals surface area contributed by atoms with Crippen LogP contribution >= 0.6 is 0 Å². The second-order valence-corrected chi connectivity index (χ2v) is 29.2. The van der Waals surface area contributed by atoms with Crippen LogP contribution in [0.5, 0.6) is 0 Å². The Kier molecular flexibility index (Phi) is 15.1. The number of hydrogen-bond donors (Lipinski definition) is 6. The number of hydrogen-bond acceptors (Lipinski definition) is 7. The van der Waals surface area contributed by atoms with E-state index < -0.39 is 11.9 Å². The number of fused-ring (bicyclic) bond motifs is 12. The number of carbonyl (C=O) groups is 2. The van der Waals surface area contributed by atoms with Gasteiger partial charge in [0.05, 0.1) is 35.5 Å². The van der Waals surface area contributed by atoms with Crippen molar-refractivity contribution in [2.24, 2.45) is 110 Å². The Balaban J connectivity index is 0.000000164. The van der Waals surface area contributed by atoms with Gasteiger partial charge in [-0.1, -0.05) is 86.4 Å². The predicted octanol–water partition coefficient (Wildman–Crippen LogP) is 14.1. The first-order chi connectivity index (χ1) is 36.7. The van der Waals surface area contributed by atoms with Crippen LogP contribution in [-0.2, 0) is 19.3 Å². The van der Waals surface area contributed by atoms with Gasteiger partial charge in [-0.3, -0.25) is 0 Å². The maximum atomic E-state index is 12.0. The van der Waals surface area contributed by atoms with Crippen molar-refractivity contribution >= 4 is 22.9 Å². The van der Waals surface area contributed by atoms with Crippen LogP contribution in [0.15, 0.2) is 46.9 Å². The number of aromatic carboxylic acids is 2. The lowest BCUT2D eigenvalue weighted by molar-refractivity contribution is -0.203. The lowest BCUT2D eigenvalue weighted by atomic mass is 9.41. The SMILES string of the molecule is CC[C@H]1[C@@H](O)C2C3CC[C@H]([C@H](C)CC4CCc5cccc(C(=O)O)c5C4)[C@@]3(C)CCC2[C@@]2(C)CC[C@@H](O)C[C@@H]12.CC[C@H]1[C@@H](O)C2C3CC[C@H]([C@H](C)Cc4cc5c(C(=O)O)cccc5o4)[C@@]3(C)CCC2[C@@]2(C)CC[C@@H](O)C[C@@H]12. The Morgan fingerprint density at radius 3 is 1.62 bits per heavy atom. The minimum atomic E-state index is -0.918. The molecular formula is C68H98O9. The monoisotopic (exact) mass is 1060 g/mol. The number of aryl methyl sites for hydroxylation is 1. The maximum Gasteiger partial charge on any atom is 0.336 e. The number of rotatable bonds is 10. The number of carboxylic acid groups (broad SMARTS) is 2. The first kappa shape index (κ1) is 55.7. The fourth-order valence-corrected chi connectivity index (χ4v) is 22.7. The van der Waals surface area contributed by atoms with Crippen LogP contribution < -0.4 is 0 Å². The molecule has 3 aromatic rings. The molecule has 2 aromatic carbocycles. The van der Waals surface area contributed by atoms with E-state index >= 15 is 0 Å². The van der Waals surface area contributed by atoms with E-state index in [1.807, 2.05) is 18.2 Å². The Bertz CT molecular complexity index is 2640. The molecule has 0 amide bonds. The molecule has 1 heterocycles. The third-order valence-corrected chi connectivity index (χ3v) is 26.2. The molecule has 0 spiro atoms. The summed E-state index contributed by atoms with van der Waals surface area (Å²) in [6.07, 6.45) is 21.8. The van der Waals surface area contributed by atoms with E-state index in [0.717, 1.165) is 82.0 Å². The quantitative estimate of drug-likeness (QED) is 0.116. The zero-order valence-electron chi connectivity index (χ0n) is 48.3. The van der Waals surface area contributed by atoms with Crippen molar-refractivity contribution in [1.29, 1.82) is 0 Å². The van der Waals surface area contributed by atoms with Crippen molar-refractivity contribution in [1.82, 2.24) is 0 Å². The third-order valence-electron chi connectivity index (χ3n) is 26.2. The largest absolute Gasteiger partial charge is 0.478 e. The summed E-state index contributed by atoms with van der Waals surface area (Å²) in [6, 6.07) is 13.0. The van der Waals surface area contributed by atoms with Gasteiger partial charge in [0.25, 0.3) is 0 Å². The van der Waals surface area contributed by atoms with Gasteiger partial charge < -0.3 is 35.1 Å². The number of aliphatic hydroxyl groups excluding tert-OH is 4. The number of carboxylic acids is 2. The fourth-order valence-electron chi connectivity index (χ4n) is 22.7. The highest BCUT2D eigenvalue weighted by Gasteiger charge is 2.67. The van der Waals surface area contributed by atoms with Gasteiger partial charge in [0.15, 0.2) is 0 Å². The second kappa shape index (κ2) is 20.9. The highest BCUT2D eigenvalue weighted by molar-refractivity contribution is 6.02. The van der Waals surface area contributed by atoms with Gasteiger partial charge in [-0.15, -0.1) is 0 Å². The molecule has 8 saturated carbocycles. The van der Waals surface area contributed by atoms with E-state index in [9.17, 15) is 40.2 Å². The molecule has 77 heavy (non-hydrogen) atoms. The summed E-state index contributed by atoms with van der Waals surface area (Å²) in [4.78, 5) is 23.6. The Hall–Kier alpha value is -3.24. The molecule has 9 aliphatic rings. The minimum Gasteiger partial charge on any atom is -0.478 e. The van der Waals surface area contributed by atoms with Crippen molar-refractivity contribution in [2.75, 3.05) is 0 Å². The van der Waals surface area contributed by atoms with E-state index in [1.165, 1.54) is 69.8 Å².